The Kier molecular flexibility index (Phi) is 4.33. The summed E-state index contributed by atoms with van der Waals surface area (Å²) in [5, 5.41) is 3.13. The number of hydrogen-bond donors (Lipinski definition) is 1. The van der Waals surface area contributed by atoms with E-state index in [-0.39, 0.29) is 0 Å². The van der Waals surface area contributed by atoms with E-state index < -0.39 is 0 Å². The molecule has 1 aliphatic rings. The Hall–Kier alpha value is -1.15. The SMILES string of the molecule is C=CC1=C(/C=C\C)CCN=C1CNC. The molecule has 2 nitrogen and oxygen atoms in total. The summed E-state index contributed by atoms with van der Waals surface area (Å²) in [5.74, 6) is 0. The quantitative estimate of drug-likeness (QED) is 0.721. The average Bonchev–Trinajstić information content (AvgIpc) is 2.19. The summed E-state index contributed by atoms with van der Waals surface area (Å²) < 4.78 is 0. The highest BCUT2D eigenvalue weighted by atomic mass is 14.9. The predicted octanol–water partition coefficient (Wildman–Crippen LogP) is 2.11. The van der Waals surface area contributed by atoms with E-state index in [1.54, 1.807) is 0 Å². The van der Waals surface area contributed by atoms with Crippen LogP contribution < -0.4 is 5.32 Å². The molecule has 0 aromatic rings. The van der Waals surface area contributed by atoms with Crippen LogP contribution in [-0.4, -0.2) is 25.8 Å². The fourth-order valence-electron chi connectivity index (χ4n) is 1.66. The van der Waals surface area contributed by atoms with Gasteiger partial charge in [-0.15, -0.1) is 0 Å². The summed E-state index contributed by atoms with van der Waals surface area (Å²) in [5.41, 5.74) is 3.67. The molecule has 0 atom stereocenters. The summed E-state index contributed by atoms with van der Waals surface area (Å²) in [4.78, 5) is 4.50. The summed E-state index contributed by atoms with van der Waals surface area (Å²) >= 11 is 0. The van der Waals surface area contributed by atoms with Crippen LogP contribution in [0.5, 0.6) is 0 Å². The molecule has 0 aromatic carbocycles. The molecule has 14 heavy (non-hydrogen) atoms. The molecular weight excluding hydrogens is 172 g/mol. The Morgan fingerprint density at radius 1 is 1.57 bits per heavy atom. The van der Waals surface area contributed by atoms with Crippen LogP contribution in [0.2, 0.25) is 0 Å². The van der Waals surface area contributed by atoms with Gasteiger partial charge in [-0.05, 0) is 31.5 Å². The van der Waals surface area contributed by atoms with E-state index >= 15 is 0 Å². The third-order valence-electron chi connectivity index (χ3n) is 2.26. The van der Waals surface area contributed by atoms with Gasteiger partial charge >= 0.3 is 0 Å². The Bertz CT molecular complexity index is 295. The van der Waals surface area contributed by atoms with Crippen LogP contribution >= 0.6 is 0 Å². The summed E-state index contributed by atoms with van der Waals surface area (Å²) in [6.07, 6.45) is 7.16. The van der Waals surface area contributed by atoms with E-state index in [9.17, 15) is 0 Å². The maximum Gasteiger partial charge on any atom is 0.0561 e. The van der Waals surface area contributed by atoms with Crippen molar-refractivity contribution < 1.29 is 0 Å². The normalized spacial score (nSPS) is 17.4. The van der Waals surface area contributed by atoms with Gasteiger partial charge in [-0.25, -0.2) is 0 Å². The van der Waals surface area contributed by atoms with Crippen molar-refractivity contribution >= 4 is 5.71 Å². The third kappa shape index (κ3) is 2.42. The van der Waals surface area contributed by atoms with Crippen molar-refractivity contribution in [3.8, 4) is 0 Å². The lowest BCUT2D eigenvalue weighted by atomic mass is 9.97. The molecule has 1 aliphatic heterocycles. The minimum absolute atomic E-state index is 0.822. The first-order chi connectivity index (χ1) is 6.83. The minimum atomic E-state index is 0.822. The molecule has 0 fully saturated rings. The van der Waals surface area contributed by atoms with Crippen molar-refractivity contribution in [1.29, 1.82) is 0 Å². The smallest absolute Gasteiger partial charge is 0.0561 e. The second-order valence-electron chi connectivity index (χ2n) is 3.25. The van der Waals surface area contributed by atoms with E-state index in [1.807, 2.05) is 20.0 Å². The fourth-order valence-corrected chi connectivity index (χ4v) is 1.66. The van der Waals surface area contributed by atoms with Crippen molar-refractivity contribution in [2.75, 3.05) is 20.1 Å². The second-order valence-corrected chi connectivity index (χ2v) is 3.25. The standard InChI is InChI=1S/C12H18N2/c1-4-6-10-7-8-14-12(9-13-3)11(10)5-2/h4-6,13H,2,7-9H2,1,3H3/b6-4-. The van der Waals surface area contributed by atoms with Crippen molar-refractivity contribution in [3.63, 3.8) is 0 Å². The highest BCUT2D eigenvalue weighted by Crippen LogP contribution is 2.18. The van der Waals surface area contributed by atoms with Crippen molar-refractivity contribution in [3.05, 3.63) is 36.0 Å². The van der Waals surface area contributed by atoms with Gasteiger partial charge in [0, 0.05) is 13.1 Å². The Balaban J connectivity index is 2.97. The molecule has 0 bridgehead atoms. The van der Waals surface area contributed by atoms with Gasteiger partial charge in [0.1, 0.15) is 0 Å². The third-order valence-corrected chi connectivity index (χ3v) is 2.26. The number of nitrogens with zero attached hydrogens (tertiary/aromatic N) is 1. The fraction of sp³-hybridized carbons (Fsp3) is 0.417. The van der Waals surface area contributed by atoms with Crippen molar-refractivity contribution in [2.24, 2.45) is 4.99 Å². The van der Waals surface area contributed by atoms with Gasteiger partial charge in [-0.3, -0.25) is 4.99 Å². The molecule has 0 aliphatic carbocycles. The number of aliphatic imine (C=N–C) groups is 1. The zero-order valence-electron chi connectivity index (χ0n) is 9.01. The molecule has 0 unspecified atom stereocenters. The zero-order chi connectivity index (χ0) is 10.4. The summed E-state index contributed by atoms with van der Waals surface area (Å²) in [7, 11) is 1.94. The topological polar surface area (TPSA) is 24.4 Å². The first kappa shape index (κ1) is 10.9. The molecule has 76 valence electrons. The lowest BCUT2D eigenvalue weighted by Crippen LogP contribution is -2.23. The predicted molar refractivity (Wildman–Crippen MR) is 62.9 cm³/mol. The number of hydrogen-bond acceptors (Lipinski definition) is 2. The highest BCUT2D eigenvalue weighted by Gasteiger charge is 2.11. The maximum atomic E-state index is 4.50. The van der Waals surface area contributed by atoms with Gasteiger partial charge < -0.3 is 5.32 Å². The van der Waals surface area contributed by atoms with Crippen LogP contribution in [0, 0.1) is 0 Å². The van der Waals surface area contributed by atoms with Gasteiger partial charge in [0.15, 0.2) is 0 Å². The highest BCUT2D eigenvalue weighted by molar-refractivity contribution is 6.05. The molecule has 1 heterocycles. The Labute approximate surface area is 86.1 Å². The number of nitrogens with one attached hydrogen (secondary N) is 1. The van der Waals surface area contributed by atoms with E-state index in [4.69, 9.17) is 0 Å². The molecule has 0 aromatic heterocycles. The molecular formula is C12H18N2. The lowest BCUT2D eigenvalue weighted by molar-refractivity contribution is 0.897. The first-order valence-corrected chi connectivity index (χ1v) is 5.00. The van der Waals surface area contributed by atoms with Crippen LogP contribution in [0.3, 0.4) is 0 Å². The van der Waals surface area contributed by atoms with E-state index in [2.05, 4.69) is 29.0 Å². The van der Waals surface area contributed by atoms with Crippen LogP contribution in [0.25, 0.3) is 0 Å². The second kappa shape index (κ2) is 5.55. The molecule has 0 radical (unpaired) electrons. The van der Waals surface area contributed by atoms with Crippen molar-refractivity contribution in [1.82, 2.24) is 5.32 Å². The zero-order valence-corrected chi connectivity index (χ0v) is 9.01. The number of rotatable bonds is 4. The monoisotopic (exact) mass is 190 g/mol. The van der Waals surface area contributed by atoms with Gasteiger partial charge in [0.2, 0.25) is 0 Å². The Morgan fingerprint density at radius 2 is 2.36 bits per heavy atom. The average molecular weight is 190 g/mol. The van der Waals surface area contributed by atoms with E-state index in [0.29, 0.717) is 0 Å². The van der Waals surface area contributed by atoms with Crippen LogP contribution in [0.1, 0.15) is 13.3 Å². The van der Waals surface area contributed by atoms with E-state index in [0.717, 1.165) is 25.2 Å². The van der Waals surface area contributed by atoms with Crippen LogP contribution in [0.15, 0.2) is 40.9 Å². The van der Waals surface area contributed by atoms with Crippen LogP contribution in [-0.2, 0) is 0 Å². The van der Waals surface area contributed by atoms with Crippen molar-refractivity contribution in [2.45, 2.75) is 13.3 Å². The molecule has 0 amide bonds. The lowest BCUT2D eigenvalue weighted by Gasteiger charge is -2.16. The maximum absolute atomic E-state index is 4.50. The number of allylic oxidation sites excluding steroid dienone is 3. The van der Waals surface area contributed by atoms with Gasteiger partial charge in [0.25, 0.3) is 0 Å². The number of dihydropyridines is 1. The Morgan fingerprint density at radius 3 is 2.93 bits per heavy atom. The molecule has 0 saturated carbocycles. The summed E-state index contributed by atoms with van der Waals surface area (Å²) in [6, 6.07) is 0. The molecule has 1 rings (SSSR count). The molecule has 0 spiro atoms. The molecule has 0 saturated heterocycles. The molecule has 1 N–H and O–H groups in total. The van der Waals surface area contributed by atoms with Gasteiger partial charge in [-0.1, -0.05) is 24.8 Å². The van der Waals surface area contributed by atoms with Gasteiger partial charge in [0.05, 0.1) is 5.71 Å². The van der Waals surface area contributed by atoms with Gasteiger partial charge in [-0.2, -0.15) is 0 Å². The minimum Gasteiger partial charge on any atom is -0.314 e. The largest absolute Gasteiger partial charge is 0.314 e. The van der Waals surface area contributed by atoms with Crippen LogP contribution in [0.4, 0.5) is 0 Å². The molecule has 2 heteroatoms. The summed E-state index contributed by atoms with van der Waals surface area (Å²) in [6.45, 7) is 7.61. The first-order valence-electron chi connectivity index (χ1n) is 5.00. The van der Waals surface area contributed by atoms with E-state index in [1.165, 1.54) is 11.1 Å².